The molecule has 0 aliphatic heterocycles. The second-order valence-electron chi connectivity index (χ2n) is 7.07. The Morgan fingerprint density at radius 1 is 0.765 bits per heavy atom. The van der Waals surface area contributed by atoms with Crippen LogP contribution in [0.15, 0.2) is 78.9 Å². The Kier molecular flexibility index (Phi) is 17.2. The van der Waals surface area contributed by atoms with Crippen molar-refractivity contribution in [3.05, 3.63) is 122 Å². The molecule has 4 radical (unpaired) electrons. The fraction of sp³-hybridized carbons (Fsp3) is 0.107. The summed E-state index contributed by atoms with van der Waals surface area (Å²) >= 11 is 0. The van der Waals surface area contributed by atoms with Crippen LogP contribution in [0.3, 0.4) is 0 Å². The molecular weight excluding hydrogens is 513 g/mol. The molecule has 0 heterocycles. The molecule has 1 atom stereocenters. The topological polar surface area (TPSA) is 40.9 Å². The monoisotopic (exact) mass is 539 g/mol. The average molecular weight is 540 g/mol. The number of rotatable bonds is 1. The number of carbonyl (C=O) groups is 1. The third-order valence-corrected chi connectivity index (χ3v) is 5.25. The van der Waals surface area contributed by atoms with Crippen molar-refractivity contribution >= 4 is 44.0 Å². The number of fused-ring (bicyclic) bond motifs is 6. The van der Waals surface area contributed by atoms with Crippen molar-refractivity contribution in [3.8, 4) is 0 Å². The summed E-state index contributed by atoms with van der Waals surface area (Å²) in [6.07, 6.45) is 3.58. The van der Waals surface area contributed by atoms with Gasteiger partial charge in [0.2, 0.25) is 0 Å². The Morgan fingerprint density at radius 2 is 1.18 bits per heavy atom. The fourth-order valence-corrected chi connectivity index (χ4v) is 4.08. The summed E-state index contributed by atoms with van der Waals surface area (Å²) in [5, 5.41) is 5.46. The van der Waals surface area contributed by atoms with E-state index in [4.69, 9.17) is 5.73 Å². The largest absolute Gasteiger partial charge is 2.00 e. The first kappa shape index (κ1) is 36.7. The van der Waals surface area contributed by atoms with E-state index in [1.807, 2.05) is 6.07 Å². The average Bonchev–Trinajstić information content (AvgIpc) is 3.04. The van der Waals surface area contributed by atoms with Crippen molar-refractivity contribution in [2.75, 3.05) is 0 Å². The molecule has 1 N–H and O–H groups in total. The predicted molar refractivity (Wildman–Crippen MR) is 136 cm³/mol. The van der Waals surface area contributed by atoms with Crippen molar-refractivity contribution in [1.82, 2.24) is 0 Å². The molecular formula is C28H27Cl2NOSiTi-4. The second kappa shape index (κ2) is 15.9. The molecule has 0 fully saturated rings. The van der Waals surface area contributed by atoms with Crippen LogP contribution in [0.1, 0.15) is 41.3 Å². The zero-order chi connectivity index (χ0) is 19.7. The van der Waals surface area contributed by atoms with Crippen molar-refractivity contribution in [2.45, 2.75) is 19.8 Å². The fourth-order valence-electron chi connectivity index (χ4n) is 4.08. The van der Waals surface area contributed by atoms with Crippen LogP contribution in [0.4, 0.5) is 0 Å². The summed E-state index contributed by atoms with van der Waals surface area (Å²) < 4.78 is 0. The molecule has 0 aromatic heterocycles. The third-order valence-electron chi connectivity index (χ3n) is 5.25. The van der Waals surface area contributed by atoms with E-state index in [2.05, 4.69) is 68.5 Å². The summed E-state index contributed by atoms with van der Waals surface area (Å²) in [6, 6.07) is 26.0. The van der Waals surface area contributed by atoms with Gasteiger partial charge in [-0.3, -0.25) is 6.08 Å². The molecule has 4 aromatic carbocycles. The van der Waals surface area contributed by atoms with Gasteiger partial charge in [0.1, 0.15) is 0 Å². The van der Waals surface area contributed by atoms with Gasteiger partial charge in [0, 0.05) is 11.0 Å². The first-order valence-electron chi connectivity index (χ1n) is 9.42. The van der Waals surface area contributed by atoms with Gasteiger partial charge in [-0.05, 0) is 21.7 Å². The standard InChI is InChI=1S/C19H15.C7H7NO.2CH3.2ClH.Si.Ti/c1-12-11-13(2)19-17-10-6-4-8-15(17)14-7-3-5-9-16(14)18(12)19;8-7(9)6-4-2-1-3-5-6;;;;;;/h3-10,12H,1-2H3;1-5H,(H2,8,9);2*1H3;2*1H;;/q-1;;2*-1;;;;+2/p-3. The molecule has 0 saturated carbocycles. The van der Waals surface area contributed by atoms with Gasteiger partial charge in [-0.15, -0.1) is 5.56 Å². The van der Waals surface area contributed by atoms with Crippen molar-refractivity contribution in [1.29, 1.82) is 0 Å². The van der Waals surface area contributed by atoms with Gasteiger partial charge >= 0.3 is 21.7 Å². The number of benzene rings is 4. The third kappa shape index (κ3) is 7.07. The number of allylic oxidation sites excluding steroid dienone is 2. The van der Waals surface area contributed by atoms with Crippen LogP contribution in [0.25, 0.3) is 32.9 Å². The molecule has 1 aliphatic rings. The quantitative estimate of drug-likeness (QED) is 0.206. The van der Waals surface area contributed by atoms with Crippen LogP contribution in [0.5, 0.6) is 0 Å². The number of carbonyl (C=O) groups excluding carboxylic acids is 1. The van der Waals surface area contributed by atoms with Gasteiger partial charge in [0.05, 0.1) is 5.91 Å². The molecule has 1 amide bonds. The van der Waals surface area contributed by atoms with Crippen molar-refractivity contribution in [3.63, 3.8) is 0 Å². The van der Waals surface area contributed by atoms with Gasteiger partial charge < -0.3 is 50.2 Å². The van der Waals surface area contributed by atoms with E-state index in [9.17, 15) is 4.79 Å². The van der Waals surface area contributed by atoms with Gasteiger partial charge in [-0.25, -0.2) is 5.57 Å². The Morgan fingerprint density at radius 3 is 1.65 bits per heavy atom. The molecule has 5 rings (SSSR count). The van der Waals surface area contributed by atoms with Crippen LogP contribution >= 0.6 is 0 Å². The Balaban J connectivity index is -0.000000566. The van der Waals surface area contributed by atoms with E-state index in [0.29, 0.717) is 11.5 Å². The molecule has 0 saturated heterocycles. The molecule has 0 spiro atoms. The normalized spacial score (nSPS) is 12.3. The molecule has 34 heavy (non-hydrogen) atoms. The number of amides is 1. The molecule has 176 valence electrons. The second-order valence-corrected chi connectivity index (χ2v) is 7.07. The number of hydrogen-bond acceptors (Lipinski definition) is 1. The minimum absolute atomic E-state index is 0. The zero-order valence-corrected chi connectivity index (χ0v) is 23.8. The molecule has 6 heteroatoms. The van der Waals surface area contributed by atoms with Crippen LogP contribution in [0.2, 0.25) is 0 Å². The van der Waals surface area contributed by atoms with E-state index in [1.165, 1.54) is 38.2 Å². The smallest absolute Gasteiger partial charge is 1.00 e. The number of nitrogens with one attached hydrogen (secondary N) is 1. The predicted octanol–water partition coefficient (Wildman–Crippen LogP) is 1.72. The summed E-state index contributed by atoms with van der Waals surface area (Å²) in [5.41, 5.74) is 11.3. The first-order chi connectivity index (χ1) is 13.6. The van der Waals surface area contributed by atoms with E-state index in [0.717, 1.165) is 0 Å². The Hall–Kier alpha value is -1.88. The first-order valence-corrected chi connectivity index (χ1v) is 9.42. The zero-order valence-electron chi connectivity index (χ0n) is 19.7. The van der Waals surface area contributed by atoms with Crippen molar-refractivity contribution in [2.24, 2.45) is 0 Å². The number of hydrogen-bond donors (Lipinski definition) is 0. The van der Waals surface area contributed by atoms with Gasteiger partial charge in [0.25, 0.3) is 0 Å². The van der Waals surface area contributed by atoms with E-state index in [-0.39, 0.29) is 72.4 Å². The van der Waals surface area contributed by atoms with Crippen molar-refractivity contribution < 1.29 is 51.3 Å². The summed E-state index contributed by atoms with van der Waals surface area (Å²) in [7, 11) is 0. The molecule has 1 aliphatic carbocycles. The maximum atomic E-state index is 10.3. The van der Waals surface area contributed by atoms with Gasteiger partial charge in [-0.1, -0.05) is 104 Å². The van der Waals surface area contributed by atoms with Crippen LogP contribution in [-0.2, 0) is 21.7 Å². The van der Waals surface area contributed by atoms with E-state index < -0.39 is 5.91 Å². The van der Waals surface area contributed by atoms with Crippen LogP contribution in [-0.4, -0.2) is 16.9 Å². The molecule has 2 nitrogen and oxygen atoms in total. The maximum absolute atomic E-state index is 10.3. The van der Waals surface area contributed by atoms with E-state index in [1.54, 1.807) is 24.3 Å². The Labute approximate surface area is 236 Å². The van der Waals surface area contributed by atoms with Gasteiger partial charge in [0.15, 0.2) is 0 Å². The van der Waals surface area contributed by atoms with Crippen LogP contribution in [0, 0.1) is 20.9 Å². The van der Waals surface area contributed by atoms with Crippen LogP contribution < -0.4 is 24.8 Å². The minimum Gasteiger partial charge on any atom is -1.00 e. The maximum Gasteiger partial charge on any atom is 2.00 e. The SMILES string of the molecule is CC1=[C-]C(C)c2c1c1ccccc1c1ccccc21.[CH3-].[CH3-].[Cl-].[Cl-].[NH-]C(=O)c1ccccc1.[Si].[Ti+2]. The summed E-state index contributed by atoms with van der Waals surface area (Å²) in [5.74, 6) is -0.236. The van der Waals surface area contributed by atoms with Gasteiger partial charge in [-0.2, -0.15) is 5.56 Å². The molecule has 1 unspecified atom stereocenters. The Bertz CT molecular complexity index is 1230. The molecule has 4 aromatic rings. The summed E-state index contributed by atoms with van der Waals surface area (Å²) in [4.78, 5) is 10.3. The van der Waals surface area contributed by atoms with E-state index >= 15 is 0 Å². The minimum atomic E-state index is -0.629. The summed E-state index contributed by atoms with van der Waals surface area (Å²) in [6.45, 7) is 4.43. The number of halogens is 2. The molecule has 0 bridgehead atoms.